The third kappa shape index (κ3) is 1.90. The molecule has 0 saturated carbocycles. The van der Waals surface area contributed by atoms with Gasteiger partial charge in [0, 0.05) is 12.1 Å². The Morgan fingerprint density at radius 3 is 2.64 bits per heavy atom. The first-order valence-electron chi connectivity index (χ1n) is 3.92. The van der Waals surface area contributed by atoms with Gasteiger partial charge in [0.2, 0.25) is 0 Å². The first-order valence-corrected chi connectivity index (χ1v) is 3.92. The zero-order valence-electron chi connectivity index (χ0n) is 6.73. The van der Waals surface area contributed by atoms with Gasteiger partial charge in [0.25, 0.3) is 0 Å². The summed E-state index contributed by atoms with van der Waals surface area (Å²) in [6, 6.07) is -0.112. The van der Waals surface area contributed by atoms with E-state index in [-0.39, 0.29) is 30.9 Å². The maximum Gasteiger partial charge on any atom is 0.0961 e. The van der Waals surface area contributed by atoms with E-state index in [0.29, 0.717) is 0 Å². The standard InChI is InChI=1S/C7H16N2O2/c1-4-5(8)2-6(9)7(3-10)11-4/h4-7,10H,2-3,8-9H2,1H3/t4-,5-,6+,7-/m1/s1. The molecule has 5 N–H and O–H groups in total. The van der Waals surface area contributed by atoms with Crippen LogP contribution in [-0.2, 0) is 4.74 Å². The number of ether oxygens (including phenoxy) is 1. The molecular weight excluding hydrogens is 144 g/mol. The third-order valence-corrected chi connectivity index (χ3v) is 2.19. The van der Waals surface area contributed by atoms with Gasteiger partial charge in [0.05, 0.1) is 18.8 Å². The van der Waals surface area contributed by atoms with E-state index in [2.05, 4.69) is 0 Å². The molecule has 4 nitrogen and oxygen atoms in total. The van der Waals surface area contributed by atoms with Crippen LogP contribution in [-0.4, -0.2) is 36.0 Å². The van der Waals surface area contributed by atoms with Crippen molar-refractivity contribution in [3.8, 4) is 0 Å². The van der Waals surface area contributed by atoms with Crippen molar-refractivity contribution in [2.75, 3.05) is 6.61 Å². The quantitative estimate of drug-likeness (QED) is 0.450. The molecule has 4 atom stereocenters. The number of rotatable bonds is 1. The SMILES string of the molecule is C[C@H]1O[C@H](CO)[C@@H](N)C[C@H]1N. The number of hydrogen-bond donors (Lipinski definition) is 3. The minimum absolute atomic E-state index is 0.00644. The summed E-state index contributed by atoms with van der Waals surface area (Å²) in [5.41, 5.74) is 11.4. The molecule has 0 amide bonds. The van der Waals surface area contributed by atoms with Crippen LogP contribution in [0.3, 0.4) is 0 Å². The first-order chi connectivity index (χ1) is 5.15. The fraction of sp³-hybridized carbons (Fsp3) is 1.00. The van der Waals surface area contributed by atoms with E-state index >= 15 is 0 Å². The summed E-state index contributed by atoms with van der Waals surface area (Å²) in [4.78, 5) is 0. The average Bonchev–Trinajstić information content (AvgIpc) is 1.97. The zero-order valence-corrected chi connectivity index (χ0v) is 6.73. The number of aliphatic hydroxyl groups is 1. The molecular formula is C7H16N2O2. The van der Waals surface area contributed by atoms with Gasteiger partial charge in [0.15, 0.2) is 0 Å². The maximum atomic E-state index is 8.82. The molecule has 0 bridgehead atoms. The van der Waals surface area contributed by atoms with Gasteiger partial charge in [-0.05, 0) is 13.3 Å². The van der Waals surface area contributed by atoms with Crippen LogP contribution in [0.15, 0.2) is 0 Å². The molecule has 1 heterocycles. The summed E-state index contributed by atoms with van der Waals surface area (Å²) in [5, 5.41) is 8.82. The molecule has 0 unspecified atom stereocenters. The van der Waals surface area contributed by atoms with E-state index in [9.17, 15) is 0 Å². The van der Waals surface area contributed by atoms with Crippen LogP contribution in [0.2, 0.25) is 0 Å². The Bertz CT molecular complexity index is 132. The first kappa shape index (κ1) is 8.93. The van der Waals surface area contributed by atoms with E-state index in [1.807, 2.05) is 6.92 Å². The van der Waals surface area contributed by atoms with Gasteiger partial charge < -0.3 is 21.3 Å². The van der Waals surface area contributed by atoms with Gasteiger partial charge in [-0.1, -0.05) is 0 Å². The fourth-order valence-electron chi connectivity index (χ4n) is 1.31. The molecule has 66 valence electrons. The summed E-state index contributed by atoms with van der Waals surface area (Å²) >= 11 is 0. The summed E-state index contributed by atoms with van der Waals surface area (Å²) < 4.78 is 5.36. The summed E-state index contributed by atoms with van der Waals surface area (Å²) in [6.07, 6.45) is 0.503. The third-order valence-electron chi connectivity index (χ3n) is 2.19. The van der Waals surface area contributed by atoms with E-state index in [1.165, 1.54) is 0 Å². The molecule has 1 rings (SSSR count). The van der Waals surface area contributed by atoms with Gasteiger partial charge in [-0.3, -0.25) is 0 Å². The van der Waals surface area contributed by atoms with Gasteiger partial charge in [-0.15, -0.1) is 0 Å². The monoisotopic (exact) mass is 160 g/mol. The van der Waals surface area contributed by atoms with Crippen LogP contribution in [0.5, 0.6) is 0 Å². The van der Waals surface area contributed by atoms with Crippen LogP contribution >= 0.6 is 0 Å². The van der Waals surface area contributed by atoms with Crippen molar-refractivity contribution < 1.29 is 9.84 Å². The smallest absolute Gasteiger partial charge is 0.0961 e. The lowest BCUT2D eigenvalue weighted by atomic mass is 9.96. The molecule has 0 spiro atoms. The van der Waals surface area contributed by atoms with E-state index in [1.54, 1.807) is 0 Å². The molecule has 1 saturated heterocycles. The molecule has 1 fully saturated rings. The molecule has 0 aromatic carbocycles. The second-order valence-corrected chi connectivity index (χ2v) is 3.13. The Kier molecular flexibility index (Phi) is 2.84. The van der Waals surface area contributed by atoms with E-state index in [4.69, 9.17) is 21.3 Å². The number of hydrogen-bond acceptors (Lipinski definition) is 4. The minimum atomic E-state index is -0.232. The minimum Gasteiger partial charge on any atom is -0.394 e. The van der Waals surface area contributed by atoms with Crippen LogP contribution < -0.4 is 11.5 Å². The van der Waals surface area contributed by atoms with E-state index in [0.717, 1.165) is 6.42 Å². The molecule has 0 radical (unpaired) electrons. The summed E-state index contributed by atoms with van der Waals surface area (Å²) in [7, 11) is 0. The van der Waals surface area contributed by atoms with Crippen molar-refractivity contribution in [2.45, 2.75) is 37.6 Å². The second kappa shape index (κ2) is 3.49. The lowest BCUT2D eigenvalue weighted by molar-refractivity contribution is -0.0833. The predicted molar refractivity (Wildman–Crippen MR) is 42.0 cm³/mol. The van der Waals surface area contributed by atoms with Crippen LogP contribution in [0.1, 0.15) is 13.3 Å². The Balaban J connectivity index is 2.48. The second-order valence-electron chi connectivity index (χ2n) is 3.13. The Hall–Kier alpha value is -0.160. The summed E-state index contributed by atoms with van der Waals surface area (Å²) in [6.45, 7) is 1.89. The predicted octanol–water partition coefficient (Wildman–Crippen LogP) is -1.19. The molecule has 0 aliphatic carbocycles. The van der Waals surface area contributed by atoms with Crippen molar-refractivity contribution in [2.24, 2.45) is 11.5 Å². The molecule has 1 aliphatic rings. The van der Waals surface area contributed by atoms with E-state index < -0.39 is 0 Å². The molecule has 11 heavy (non-hydrogen) atoms. The number of aliphatic hydroxyl groups excluding tert-OH is 1. The topological polar surface area (TPSA) is 81.5 Å². The van der Waals surface area contributed by atoms with Crippen molar-refractivity contribution in [1.82, 2.24) is 0 Å². The molecule has 0 aromatic rings. The van der Waals surface area contributed by atoms with Gasteiger partial charge in [-0.2, -0.15) is 0 Å². The van der Waals surface area contributed by atoms with Crippen molar-refractivity contribution in [1.29, 1.82) is 0 Å². The highest BCUT2D eigenvalue weighted by Gasteiger charge is 2.30. The Morgan fingerprint density at radius 1 is 1.45 bits per heavy atom. The number of nitrogens with two attached hydrogens (primary N) is 2. The Morgan fingerprint density at radius 2 is 2.09 bits per heavy atom. The van der Waals surface area contributed by atoms with Crippen molar-refractivity contribution in [3.05, 3.63) is 0 Å². The van der Waals surface area contributed by atoms with Crippen LogP contribution in [0, 0.1) is 0 Å². The van der Waals surface area contributed by atoms with Crippen molar-refractivity contribution in [3.63, 3.8) is 0 Å². The van der Waals surface area contributed by atoms with Gasteiger partial charge >= 0.3 is 0 Å². The Labute approximate surface area is 66.5 Å². The lowest BCUT2D eigenvalue weighted by Gasteiger charge is -2.36. The zero-order chi connectivity index (χ0) is 8.43. The highest BCUT2D eigenvalue weighted by Crippen LogP contribution is 2.16. The van der Waals surface area contributed by atoms with Gasteiger partial charge in [-0.25, -0.2) is 0 Å². The average molecular weight is 160 g/mol. The highest BCUT2D eigenvalue weighted by molar-refractivity contribution is 4.87. The van der Waals surface area contributed by atoms with Crippen LogP contribution in [0.25, 0.3) is 0 Å². The largest absolute Gasteiger partial charge is 0.394 e. The molecule has 1 aliphatic heterocycles. The fourth-order valence-corrected chi connectivity index (χ4v) is 1.31. The molecule has 4 heteroatoms. The highest BCUT2D eigenvalue weighted by atomic mass is 16.5. The van der Waals surface area contributed by atoms with Crippen molar-refractivity contribution >= 4 is 0 Å². The van der Waals surface area contributed by atoms with Gasteiger partial charge in [0.1, 0.15) is 0 Å². The van der Waals surface area contributed by atoms with Crippen LogP contribution in [0.4, 0.5) is 0 Å². The molecule has 0 aromatic heterocycles. The normalized spacial score (nSPS) is 45.8. The maximum absolute atomic E-state index is 8.82. The lowest BCUT2D eigenvalue weighted by Crippen LogP contribution is -2.54. The summed E-state index contributed by atoms with van der Waals surface area (Å²) in [5.74, 6) is 0.